The summed E-state index contributed by atoms with van der Waals surface area (Å²) in [5.41, 5.74) is 11.1. The van der Waals surface area contributed by atoms with Crippen LogP contribution in [0.1, 0.15) is 37.7 Å². The fraction of sp³-hybridized carbons (Fsp3) is 0.208. The quantitative estimate of drug-likeness (QED) is 0.347. The lowest BCUT2D eigenvalue weighted by Crippen LogP contribution is -2.29. The Hall–Kier alpha value is -4.30. The molecule has 0 aliphatic carbocycles. The summed E-state index contributed by atoms with van der Waals surface area (Å²) in [5, 5.41) is 12.9. The maximum atomic E-state index is 14.2. The number of nitrogens with one attached hydrogen (secondary N) is 1. The second-order valence-corrected chi connectivity index (χ2v) is 8.91. The summed E-state index contributed by atoms with van der Waals surface area (Å²) in [6.45, 7) is 3.87. The van der Waals surface area contributed by atoms with Gasteiger partial charge < -0.3 is 16.8 Å². The molecule has 36 heavy (non-hydrogen) atoms. The van der Waals surface area contributed by atoms with Crippen molar-refractivity contribution in [1.82, 2.24) is 19.5 Å². The smallest absolute Gasteiger partial charge is 0.267 e. The molecule has 0 bridgehead atoms. The van der Waals surface area contributed by atoms with Gasteiger partial charge in [0.25, 0.3) is 5.56 Å². The average Bonchev–Trinajstić information content (AvgIpc) is 2.77. The zero-order valence-corrected chi connectivity index (χ0v) is 20.0. The number of nitrogen functional groups attached to an aromatic ring is 2. The zero-order valence-electron chi connectivity index (χ0n) is 19.3. The van der Waals surface area contributed by atoms with E-state index in [0.29, 0.717) is 12.5 Å². The SMILES string of the molecule is CC(C)C[C@H](Nc1nc(N)nc(N)c1C#N)c1nc2cccc(Cl)c2c(=O)n1-c1cc(F)cc(F)c1. The van der Waals surface area contributed by atoms with Crippen molar-refractivity contribution >= 4 is 40.1 Å². The molecule has 4 aromatic rings. The number of hydrogen-bond acceptors (Lipinski definition) is 8. The first-order chi connectivity index (χ1) is 17.1. The topological polar surface area (TPSA) is 149 Å². The standard InChI is InChI=1S/C24H21ClF2N8O/c1-11(2)6-18(31-21-15(10-28)20(29)33-24(30)34-21)22-32-17-5-3-4-16(25)19(17)23(36)35(22)14-8-12(26)7-13(27)9-14/h3-5,7-9,11,18H,6H2,1-2H3,(H5,29,30,31,33,34)/t18-/m0/s1. The van der Waals surface area contributed by atoms with Gasteiger partial charge in [-0.1, -0.05) is 31.5 Å². The fourth-order valence-corrected chi connectivity index (χ4v) is 4.18. The molecule has 0 amide bonds. The molecule has 4 rings (SSSR count). The van der Waals surface area contributed by atoms with Crippen molar-refractivity contribution in [2.45, 2.75) is 26.3 Å². The van der Waals surface area contributed by atoms with E-state index in [2.05, 4.69) is 20.3 Å². The van der Waals surface area contributed by atoms with Crippen LogP contribution in [0.3, 0.4) is 0 Å². The van der Waals surface area contributed by atoms with Gasteiger partial charge in [-0.2, -0.15) is 15.2 Å². The molecule has 5 N–H and O–H groups in total. The molecule has 0 spiro atoms. The van der Waals surface area contributed by atoms with Gasteiger partial charge in [0, 0.05) is 6.07 Å². The van der Waals surface area contributed by atoms with Crippen molar-refractivity contribution in [3.8, 4) is 11.8 Å². The Bertz CT molecular complexity index is 1560. The third kappa shape index (κ3) is 4.76. The molecule has 2 aromatic heterocycles. The van der Waals surface area contributed by atoms with Gasteiger partial charge in [-0.25, -0.2) is 13.8 Å². The summed E-state index contributed by atoms with van der Waals surface area (Å²) in [6, 6.07) is 8.68. The maximum Gasteiger partial charge on any atom is 0.267 e. The van der Waals surface area contributed by atoms with Crippen molar-refractivity contribution < 1.29 is 8.78 Å². The van der Waals surface area contributed by atoms with Crippen LogP contribution < -0.4 is 22.3 Å². The first-order valence-corrected chi connectivity index (χ1v) is 11.2. The summed E-state index contributed by atoms with van der Waals surface area (Å²) in [6.07, 6.45) is 0.380. The molecular formula is C24H21ClF2N8O. The number of nitriles is 1. The third-order valence-corrected chi connectivity index (χ3v) is 5.69. The maximum absolute atomic E-state index is 14.2. The highest BCUT2D eigenvalue weighted by molar-refractivity contribution is 6.35. The van der Waals surface area contributed by atoms with Crippen LogP contribution in [0, 0.1) is 28.9 Å². The molecule has 9 nitrogen and oxygen atoms in total. The minimum atomic E-state index is -0.876. The average molecular weight is 511 g/mol. The van der Waals surface area contributed by atoms with Crippen LogP contribution in [0.5, 0.6) is 0 Å². The van der Waals surface area contributed by atoms with Gasteiger partial charge in [-0.15, -0.1) is 0 Å². The predicted molar refractivity (Wildman–Crippen MR) is 134 cm³/mol. The van der Waals surface area contributed by atoms with E-state index < -0.39 is 23.2 Å². The number of anilines is 3. The molecule has 0 radical (unpaired) electrons. The first kappa shape index (κ1) is 24.8. The Labute approximate surface area is 209 Å². The second kappa shape index (κ2) is 9.75. The number of fused-ring (bicyclic) bond motifs is 1. The molecular weight excluding hydrogens is 490 g/mol. The number of benzene rings is 2. The number of halogens is 3. The summed E-state index contributed by atoms with van der Waals surface area (Å²) in [5.74, 6) is -1.84. The number of hydrogen-bond donors (Lipinski definition) is 3. The Kier molecular flexibility index (Phi) is 6.72. The largest absolute Gasteiger partial charge is 0.382 e. The summed E-state index contributed by atoms with van der Waals surface area (Å²) in [7, 11) is 0. The van der Waals surface area contributed by atoms with Crippen LogP contribution in [-0.2, 0) is 0 Å². The van der Waals surface area contributed by atoms with Gasteiger partial charge in [0.1, 0.15) is 34.9 Å². The Morgan fingerprint density at radius 2 is 1.83 bits per heavy atom. The number of rotatable bonds is 6. The van der Waals surface area contributed by atoms with Crippen molar-refractivity contribution in [3.05, 3.63) is 74.8 Å². The van der Waals surface area contributed by atoms with E-state index in [0.717, 1.165) is 16.7 Å². The molecule has 12 heteroatoms. The van der Waals surface area contributed by atoms with Crippen LogP contribution in [0.4, 0.5) is 26.4 Å². The normalized spacial score (nSPS) is 12.0. The van der Waals surface area contributed by atoms with E-state index in [1.165, 1.54) is 6.07 Å². The highest BCUT2D eigenvalue weighted by atomic mass is 35.5. The van der Waals surface area contributed by atoms with Gasteiger partial charge in [0.2, 0.25) is 5.95 Å². The van der Waals surface area contributed by atoms with Crippen molar-refractivity contribution in [3.63, 3.8) is 0 Å². The minimum absolute atomic E-state index is 0.0329. The molecule has 0 saturated carbocycles. The lowest BCUT2D eigenvalue weighted by molar-refractivity contribution is 0.505. The zero-order chi connectivity index (χ0) is 26.1. The van der Waals surface area contributed by atoms with Crippen LogP contribution >= 0.6 is 11.6 Å². The molecule has 0 aliphatic heterocycles. The van der Waals surface area contributed by atoms with Gasteiger partial charge >= 0.3 is 0 Å². The fourth-order valence-electron chi connectivity index (χ4n) is 3.93. The third-order valence-electron chi connectivity index (χ3n) is 5.37. The molecule has 2 aromatic carbocycles. The molecule has 0 fully saturated rings. The van der Waals surface area contributed by atoms with E-state index in [4.69, 9.17) is 23.1 Å². The van der Waals surface area contributed by atoms with Crippen molar-refractivity contribution in [1.29, 1.82) is 5.26 Å². The lowest BCUT2D eigenvalue weighted by Gasteiger charge is -2.25. The molecule has 1 atom stereocenters. The number of nitrogens with two attached hydrogens (primary N) is 2. The van der Waals surface area contributed by atoms with E-state index >= 15 is 0 Å². The van der Waals surface area contributed by atoms with Gasteiger partial charge in [0.15, 0.2) is 5.82 Å². The summed E-state index contributed by atoms with van der Waals surface area (Å²) in [4.78, 5) is 26.3. The van der Waals surface area contributed by atoms with Crippen LogP contribution in [0.25, 0.3) is 16.6 Å². The van der Waals surface area contributed by atoms with E-state index in [9.17, 15) is 18.8 Å². The van der Waals surface area contributed by atoms with Gasteiger partial charge in [-0.3, -0.25) is 9.36 Å². The Balaban J connectivity index is 2.04. The van der Waals surface area contributed by atoms with E-state index in [-0.39, 0.29) is 56.5 Å². The first-order valence-electron chi connectivity index (χ1n) is 10.9. The summed E-state index contributed by atoms with van der Waals surface area (Å²) >= 11 is 6.31. The monoisotopic (exact) mass is 510 g/mol. The highest BCUT2D eigenvalue weighted by Gasteiger charge is 2.26. The number of aromatic nitrogens is 4. The molecule has 0 unspecified atom stereocenters. The van der Waals surface area contributed by atoms with Gasteiger partial charge in [0.05, 0.1) is 27.7 Å². The van der Waals surface area contributed by atoms with Crippen LogP contribution in [0.2, 0.25) is 5.02 Å². The van der Waals surface area contributed by atoms with Gasteiger partial charge in [-0.05, 0) is 36.6 Å². The molecule has 0 aliphatic rings. The van der Waals surface area contributed by atoms with Crippen LogP contribution in [-0.4, -0.2) is 19.5 Å². The Morgan fingerprint density at radius 3 is 2.47 bits per heavy atom. The van der Waals surface area contributed by atoms with Crippen molar-refractivity contribution in [2.75, 3.05) is 16.8 Å². The second-order valence-electron chi connectivity index (χ2n) is 8.50. The van der Waals surface area contributed by atoms with Crippen LogP contribution in [0.15, 0.2) is 41.2 Å². The molecule has 0 saturated heterocycles. The lowest BCUT2D eigenvalue weighted by atomic mass is 10.0. The predicted octanol–water partition coefficient (Wildman–Crippen LogP) is 4.34. The highest BCUT2D eigenvalue weighted by Crippen LogP contribution is 2.30. The summed E-state index contributed by atoms with van der Waals surface area (Å²) < 4.78 is 29.5. The van der Waals surface area contributed by atoms with E-state index in [1.54, 1.807) is 12.1 Å². The minimum Gasteiger partial charge on any atom is -0.382 e. The van der Waals surface area contributed by atoms with Crippen molar-refractivity contribution in [2.24, 2.45) is 5.92 Å². The molecule has 184 valence electrons. The Morgan fingerprint density at radius 1 is 1.14 bits per heavy atom. The van der Waals surface area contributed by atoms with E-state index in [1.807, 2.05) is 19.9 Å². The molecule has 2 heterocycles. The number of nitrogens with zero attached hydrogens (tertiary/aromatic N) is 5.